The van der Waals surface area contributed by atoms with E-state index in [9.17, 15) is 14.4 Å². The van der Waals surface area contributed by atoms with Gasteiger partial charge in [-0.3, -0.25) is 14.5 Å². The third-order valence-corrected chi connectivity index (χ3v) is 5.00. The zero-order chi connectivity index (χ0) is 19.5. The van der Waals surface area contributed by atoms with Crippen LogP contribution in [-0.4, -0.2) is 47.8 Å². The zero-order valence-corrected chi connectivity index (χ0v) is 16.3. The molecule has 1 aliphatic heterocycles. The number of unbranched alkanes of at least 4 members (excludes halogenated alkanes) is 1. The largest absolute Gasteiger partial charge is 0.344 e. The highest BCUT2D eigenvalue weighted by Crippen LogP contribution is 2.29. The third-order valence-electron chi connectivity index (χ3n) is 5.00. The van der Waals surface area contributed by atoms with Crippen LogP contribution in [0.3, 0.4) is 0 Å². The summed E-state index contributed by atoms with van der Waals surface area (Å²) >= 11 is 0. The number of urea groups is 1. The lowest BCUT2D eigenvalue weighted by molar-refractivity contribution is -0.138. The lowest BCUT2D eigenvalue weighted by Crippen LogP contribution is -2.43. The summed E-state index contributed by atoms with van der Waals surface area (Å²) in [5.74, 6) is -0.239. The molecule has 1 fully saturated rings. The number of hydrogen-bond donors (Lipinski definition) is 1. The first-order chi connectivity index (χ1) is 12.2. The Morgan fingerprint density at radius 1 is 1.23 bits per heavy atom. The Balaban J connectivity index is 2.15. The number of carbonyl (C=O) groups excluding carboxylic acids is 3. The molecule has 1 atom stereocenters. The van der Waals surface area contributed by atoms with Crippen LogP contribution in [0, 0.1) is 0 Å². The van der Waals surface area contributed by atoms with E-state index in [-0.39, 0.29) is 12.5 Å². The van der Waals surface area contributed by atoms with Gasteiger partial charge in [-0.05, 0) is 30.4 Å². The molecule has 1 N–H and O–H groups in total. The molecule has 2 rings (SSSR count). The molecule has 1 heterocycles. The zero-order valence-electron chi connectivity index (χ0n) is 16.3. The van der Waals surface area contributed by atoms with Gasteiger partial charge in [0.25, 0.3) is 5.91 Å². The highest BCUT2D eigenvalue weighted by Gasteiger charge is 2.49. The van der Waals surface area contributed by atoms with Crippen LogP contribution in [-0.2, 0) is 15.1 Å². The monoisotopic (exact) mass is 359 g/mol. The number of likely N-dealkylation sites (N-methyl/N-ethyl adjacent to an activating group) is 1. The Kier molecular flexibility index (Phi) is 6.05. The van der Waals surface area contributed by atoms with E-state index >= 15 is 0 Å². The van der Waals surface area contributed by atoms with E-state index in [4.69, 9.17) is 0 Å². The minimum absolute atomic E-state index is 0.232. The van der Waals surface area contributed by atoms with Gasteiger partial charge in [-0.25, -0.2) is 4.79 Å². The quantitative estimate of drug-likeness (QED) is 0.761. The molecule has 1 aromatic carbocycles. The fourth-order valence-electron chi connectivity index (χ4n) is 3.01. The fourth-order valence-corrected chi connectivity index (χ4v) is 3.01. The van der Waals surface area contributed by atoms with Crippen molar-refractivity contribution in [2.45, 2.75) is 52.0 Å². The van der Waals surface area contributed by atoms with Crippen LogP contribution in [0.25, 0.3) is 0 Å². The van der Waals surface area contributed by atoms with E-state index in [1.165, 1.54) is 5.56 Å². The van der Waals surface area contributed by atoms with Crippen LogP contribution in [0.1, 0.15) is 57.6 Å². The van der Waals surface area contributed by atoms with Crippen LogP contribution in [0.5, 0.6) is 0 Å². The minimum Gasteiger partial charge on any atom is -0.344 e. The number of nitrogens with one attached hydrogen (secondary N) is 1. The lowest BCUT2D eigenvalue weighted by Gasteiger charge is -2.23. The van der Waals surface area contributed by atoms with Crippen molar-refractivity contribution >= 4 is 17.8 Å². The van der Waals surface area contributed by atoms with Crippen molar-refractivity contribution in [3.63, 3.8) is 0 Å². The predicted octanol–water partition coefficient (Wildman–Crippen LogP) is 2.84. The Hall–Kier alpha value is -2.37. The summed E-state index contributed by atoms with van der Waals surface area (Å²) in [5.41, 5.74) is 0.739. The first-order valence-electron chi connectivity index (χ1n) is 9.19. The smallest absolute Gasteiger partial charge is 0.325 e. The summed E-state index contributed by atoms with van der Waals surface area (Å²) in [7, 11) is 1.69. The maximum absolute atomic E-state index is 12.9. The number of amides is 4. The van der Waals surface area contributed by atoms with Crippen LogP contribution in [0.4, 0.5) is 4.79 Å². The van der Waals surface area contributed by atoms with E-state index < -0.39 is 17.5 Å². The standard InChI is InChI=1S/C20H29N3O3/c1-6-7-12-22(5)17(24)13-23-18(25)20(4,21-19(23)26)16-10-8-15(9-11-16)14(2)3/h8-11,14H,6-7,12-13H2,1-5H3,(H,21,26)/t20-/m0/s1. The van der Waals surface area contributed by atoms with Crippen LogP contribution >= 0.6 is 0 Å². The number of carbonyl (C=O) groups is 3. The van der Waals surface area contributed by atoms with E-state index in [1.54, 1.807) is 18.9 Å². The van der Waals surface area contributed by atoms with Crippen LogP contribution in [0.15, 0.2) is 24.3 Å². The maximum atomic E-state index is 12.9. The number of hydrogen-bond acceptors (Lipinski definition) is 3. The van der Waals surface area contributed by atoms with Gasteiger partial charge in [0, 0.05) is 13.6 Å². The molecular formula is C20H29N3O3. The van der Waals surface area contributed by atoms with Crippen LogP contribution < -0.4 is 5.32 Å². The van der Waals surface area contributed by atoms with E-state index in [2.05, 4.69) is 19.2 Å². The van der Waals surface area contributed by atoms with Crippen molar-refractivity contribution in [2.24, 2.45) is 0 Å². The molecule has 1 aromatic rings. The summed E-state index contributed by atoms with van der Waals surface area (Å²) < 4.78 is 0. The molecule has 1 aliphatic rings. The van der Waals surface area contributed by atoms with Gasteiger partial charge in [0.05, 0.1) is 0 Å². The van der Waals surface area contributed by atoms with Crippen molar-refractivity contribution in [3.05, 3.63) is 35.4 Å². The van der Waals surface area contributed by atoms with Gasteiger partial charge in [-0.1, -0.05) is 51.5 Å². The van der Waals surface area contributed by atoms with Crippen molar-refractivity contribution in [1.82, 2.24) is 15.1 Å². The van der Waals surface area contributed by atoms with Gasteiger partial charge in [0.15, 0.2) is 0 Å². The molecule has 26 heavy (non-hydrogen) atoms. The Labute approximate surface area is 155 Å². The van der Waals surface area contributed by atoms with E-state index in [0.29, 0.717) is 12.5 Å². The third kappa shape index (κ3) is 3.89. The van der Waals surface area contributed by atoms with Gasteiger partial charge in [-0.2, -0.15) is 0 Å². The Morgan fingerprint density at radius 2 is 1.85 bits per heavy atom. The normalized spacial score (nSPS) is 19.8. The molecule has 0 aliphatic carbocycles. The highest BCUT2D eigenvalue weighted by molar-refractivity contribution is 6.09. The second-order valence-corrected chi connectivity index (χ2v) is 7.39. The maximum Gasteiger partial charge on any atom is 0.325 e. The average molecular weight is 359 g/mol. The SMILES string of the molecule is CCCCN(C)C(=O)CN1C(=O)N[C@@](C)(c2ccc(C(C)C)cc2)C1=O. The van der Waals surface area contributed by atoms with Crippen molar-refractivity contribution in [3.8, 4) is 0 Å². The summed E-state index contributed by atoms with van der Waals surface area (Å²) in [4.78, 5) is 40.1. The van der Waals surface area contributed by atoms with Gasteiger partial charge < -0.3 is 10.2 Å². The van der Waals surface area contributed by atoms with Gasteiger partial charge in [0.1, 0.15) is 12.1 Å². The van der Waals surface area contributed by atoms with Crippen molar-refractivity contribution in [1.29, 1.82) is 0 Å². The second-order valence-electron chi connectivity index (χ2n) is 7.39. The second kappa shape index (κ2) is 7.89. The van der Waals surface area contributed by atoms with Crippen molar-refractivity contribution < 1.29 is 14.4 Å². The fraction of sp³-hybridized carbons (Fsp3) is 0.550. The van der Waals surface area contributed by atoms with Crippen molar-refractivity contribution in [2.75, 3.05) is 20.1 Å². The topological polar surface area (TPSA) is 69.7 Å². The molecule has 0 radical (unpaired) electrons. The van der Waals surface area contributed by atoms with Gasteiger partial charge >= 0.3 is 6.03 Å². The number of rotatable bonds is 7. The predicted molar refractivity (Wildman–Crippen MR) is 101 cm³/mol. The summed E-state index contributed by atoms with van der Waals surface area (Å²) in [6, 6.07) is 7.15. The minimum atomic E-state index is -1.14. The summed E-state index contributed by atoms with van der Waals surface area (Å²) in [6.07, 6.45) is 1.87. The molecular weight excluding hydrogens is 330 g/mol. The molecule has 6 heteroatoms. The molecule has 0 bridgehead atoms. The lowest BCUT2D eigenvalue weighted by atomic mass is 9.90. The molecule has 0 spiro atoms. The molecule has 0 unspecified atom stereocenters. The average Bonchev–Trinajstić information content (AvgIpc) is 2.83. The molecule has 4 amide bonds. The number of nitrogens with zero attached hydrogens (tertiary/aromatic N) is 2. The first kappa shape index (κ1) is 19.9. The van der Waals surface area contributed by atoms with E-state index in [0.717, 1.165) is 23.3 Å². The summed E-state index contributed by atoms with van der Waals surface area (Å²) in [5, 5.41) is 2.75. The Morgan fingerprint density at radius 3 is 2.38 bits per heavy atom. The highest BCUT2D eigenvalue weighted by atomic mass is 16.2. The van der Waals surface area contributed by atoms with E-state index in [1.807, 2.05) is 31.2 Å². The molecule has 0 saturated carbocycles. The summed E-state index contributed by atoms with van der Waals surface area (Å²) in [6.45, 7) is 8.31. The first-order valence-corrected chi connectivity index (χ1v) is 9.19. The van der Waals surface area contributed by atoms with Gasteiger partial charge in [0.2, 0.25) is 5.91 Å². The van der Waals surface area contributed by atoms with Gasteiger partial charge in [-0.15, -0.1) is 0 Å². The van der Waals surface area contributed by atoms with Crippen LogP contribution in [0.2, 0.25) is 0 Å². The molecule has 6 nitrogen and oxygen atoms in total. The molecule has 1 saturated heterocycles. The number of imide groups is 1. The Bertz CT molecular complexity index is 684. The number of benzene rings is 1. The molecule has 0 aromatic heterocycles. The molecule has 142 valence electrons.